The van der Waals surface area contributed by atoms with E-state index < -0.39 is 0 Å². The molecule has 1 aromatic heterocycles. The molecule has 1 rings (SSSR count). The summed E-state index contributed by atoms with van der Waals surface area (Å²) in [6.45, 7) is 1.38. The second-order valence-corrected chi connectivity index (χ2v) is 2.51. The van der Waals surface area contributed by atoms with Gasteiger partial charge in [0.25, 0.3) is 0 Å². The van der Waals surface area contributed by atoms with Crippen LogP contribution < -0.4 is 10.6 Å². The fraction of sp³-hybridized carbons (Fsp3) is 0.250. The summed E-state index contributed by atoms with van der Waals surface area (Å²) >= 11 is 0. The van der Waals surface area contributed by atoms with E-state index in [1.165, 1.54) is 13.3 Å². The molecular weight excluding hydrogens is 184 g/mol. The molecule has 1 aromatic rings. The number of hydrogen-bond donors (Lipinski definition) is 2. The highest BCUT2D eigenvalue weighted by atomic mass is 16.1. The fourth-order valence-electron chi connectivity index (χ4n) is 1.07. The van der Waals surface area contributed by atoms with Gasteiger partial charge in [-0.15, -0.1) is 0 Å². The zero-order chi connectivity index (χ0) is 10.6. The van der Waals surface area contributed by atoms with E-state index >= 15 is 0 Å². The third-order valence-corrected chi connectivity index (χ3v) is 1.63. The van der Waals surface area contributed by atoms with E-state index in [1.807, 2.05) is 0 Å². The van der Waals surface area contributed by atoms with Crippen molar-refractivity contribution in [3.63, 3.8) is 0 Å². The number of ketones is 1. The van der Waals surface area contributed by atoms with E-state index in [4.69, 9.17) is 0 Å². The zero-order valence-corrected chi connectivity index (χ0v) is 7.87. The third-order valence-electron chi connectivity index (χ3n) is 1.63. The van der Waals surface area contributed by atoms with Crippen molar-refractivity contribution >= 4 is 23.8 Å². The molecule has 0 spiro atoms. The number of rotatable bonds is 4. The maximum atomic E-state index is 11.2. The zero-order valence-electron chi connectivity index (χ0n) is 7.87. The van der Waals surface area contributed by atoms with Gasteiger partial charge in [0.2, 0.25) is 6.41 Å². The maximum Gasteiger partial charge on any atom is 0.212 e. The summed E-state index contributed by atoms with van der Waals surface area (Å²) in [5.74, 6) is 0.406. The largest absolute Gasteiger partial charge is 0.372 e. The van der Waals surface area contributed by atoms with Crippen molar-refractivity contribution < 1.29 is 9.59 Å². The van der Waals surface area contributed by atoms with Crippen LogP contribution in [-0.2, 0) is 4.79 Å². The lowest BCUT2D eigenvalue weighted by atomic mass is 10.2. The fourth-order valence-corrected chi connectivity index (χ4v) is 1.07. The predicted molar refractivity (Wildman–Crippen MR) is 51.3 cm³/mol. The van der Waals surface area contributed by atoms with Crippen molar-refractivity contribution in [3.05, 3.63) is 11.9 Å². The Balaban J connectivity index is 3.27. The summed E-state index contributed by atoms with van der Waals surface area (Å²) in [5, 5.41) is 5.09. The molecule has 0 aliphatic carbocycles. The van der Waals surface area contributed by atoms with Gasteiger partial charge in [-0.3, -0.25) is 9.59 Å². The molecule has 6 nitrogen and oxygen atoms in total. The molecule has 0 saturated carbocycles. The minimum Gasteiger partial charge on any atom is -0.372 e. The SMILES string of the molecule is CNc1ncnc(NC=O)c1C(C)=O. The average molecular weight is 194 g/mol. The Hall–Kier alpha value is -1.98. The van der Waals surface area contributed by atoms with Crippen LogP contribution >= 0.6 is 0 Å². The number of aromatic nitrogens is 2. The molecule has 0 aromatic carbocycles. The van der Waals surface area contributed by atoms with Gasteiger partial charge in [0.05, 0.1) is 0 Å². The Kier molecular flexibility index (Phi) is 3.11. The van der Waals surface area contributed by atoms with E-state index in [1.54, 1.807) is 7.05 Å². The van der Waals surface area contributed by atoms with E-state index in [9.17, 15) is 9.59 Å². The first-order valence-electron chi connectivity index (χ1n) is 3.94. The lowest BCUT2D eigenvalue weighted by Crippen LogP contribution is -2.10. The smallest absolute Gasteiger partial charge is 0.212 e. The number of hydrogen-bond acceptors (Lipinski definition) is 5. The number of anilines is 2. The Bertz CT molecular complexity index is 364. The molecule has 1 amide bonds. The van der Waals surface area contributed by atoms with Crippen LogP contribution in [0.1, 0.15) is 17.3 Å². The Morgan fingerprint density at radius 3 is 2.57 bits per heavy atom. The molecule has 0 radical (unpaired) electrons. The Labute approximate surface area is 80.8 Å². The van der Waals surface area contributed by atoms with Gasteiger partial charge in [-0.1, -0.05) is 0 Å². The van der Waals surface area contributed by atoms with Crippen LogP contribution in [0.3, 0.4) is 0 Å². The van der Waals surface area contributed by atoms with Crippen LogP contribution in [0.5, 0.6) is 0 Å². The lowest BCUT2D eigenvalue weighted by Gasteiger charge is -2.08. The molecular formula is C8H10N4O2. The molecule has 0 unspecified atom stereocenters. The highest BCUT2D eigenvalue weighted by Gasteiger charge is 2.13. The highest BCUT2D eigenvalue weighted by Crippen LogP contribution is 2.18. The Morgan fingerprint density at radius 1 is 1.43 bits per heavy atom. The molecule has 74 valence electrons. The minimum absolute atomic E-state index is 0.209. The number of nitrogens with zero attached hydrogens (tertiary/aromatic N) is 2. The van der Waals surface area contributed by atoms with Gasteiger partial charge in [0.15, 0.2) is 5.78 Å². The monoisotopic (exact) mass is 194 g/mol. The first-order valence-corrected chi connectivity index (χ1v) is 3.94. The van der Waals surface area contributed by atoms with Gasteiger partial charge in [0.1, 0.15) is 23.5 Å². The van der Waals surface area contributed by atoms with Gasteiger partial charge < -0.3 is 10.6 Å². The second kappa shape index (κ2) is 4.31. The standard InChI is InChI=1S/C8H10N4O2/c1-5(14)6-7(9-2)10-3-11-8(6)12-4-13/h3-4H,1-2H3,(H2,9,10,11,12,13). The molecule has 2 N–H and O–H groups in total. The number of nitrogens with one attached hydrogen (secondary N) is 2. The summed E-state index contributed by atoms with van der Waals surface area (Å²) in [6, 6.07) is 0. The topological polar surface area (TPSA) is 84.0 Å². The molecule has 0 saturated heterocycles. The highest BCUT2D eigenvalue weighted by molar-refractivity contribution is 6.04. The van der Waals surface area contributed by atoms with Crippen molar-refractivity contribution in [3.8, 4) is 0 Å². The predicted octanol–water partition coefficient (Wildman–Crippen LogP) is 0.289. The molecule has 0 fully saturated rings. The summed E-state index contributed by atoms with van der Waals surface area (Å²) < 4.78 is 0. The number of Topliss-reactive ketones (excluding diaryl/α,β-unsaturated/α-hetero) is 1. The Morgan fingerprint density at radius 2 is 2.07 bits per heavy atom. The molecule has 6 heteroatoms. The van der Waals surface area contributed by atoms with Crippen LogP contribution in [0.25, 0.3) is 0 Å². The number of carbonyl (C=O) groups is 2. The van der Waals surface area contributed by atoms with E-state index in [-0.39, 0.29) is 17.2 Å². The van der Waals surface area contributed by atoms with Crippen LogP contribution in [0.2, 0.25) is 0 Å². The van der Waals surface area contributed by atoms with Crippen LogP contribution in [0.4, 0.5) is 11.6 Å². The average Bonchev–Trinajstić information content (AvgIpc) is 2.17. The molecule has 14 heavy (non-hydrogen) atoms. The van der Waals surface area contributed by atoms with Gasteiger partial charge in [-0.2, -0.15) is 0 Å². The van der Waals surface area contributed by atoms with Crippen LogP contribution in [0.15, 0.2) is 6.33 Å². The first kappa shape index (κ1) is 10.1. The molecule has 0 aliphatic rings. The van der Waals surface area contributed by atoms with E-state index in [0.717, 1.165) is 0 Å². The summed E-state index contributed by atoms with van der Waals surface area (Å²) in [4.78, 5) is 29.1. The first-order chi connectivity index (χ1) is 6.70. The summed E-state index contributed by atoms with van der Waals surface area (Å²) in [6.07, 6.45) is 1.73. The quantitative estimate of drug-likeness (QED) is 0.531. The molecule has 0 bridgehead atoms. The van der Waals surface area contributed by atoms with Crippen molar-refractivity contribution in [2.45, 2.75) is 6.92 Å². The van der Waals surface area contributed by atoms with Crippen molar-refractivity contribution in [2.24, 2.45) is 0 Å². The number of carbonyl (C=O) groups excluding carboxylic acids is 2. The van der Waals surface area contributed by atoms with E-state index in [2.05, 4.69) is 20.6 Å². The van der Waals surface area contributed by atoms with Crippen LogP contribution in [-0.4, -0.2) is 29.2 Å². The van der Waals surface area contributed by atoms with Gasteiger partial charge >= 0.3 is 0 Å². The minimum atomic E-state index is -0.209. The van der Waals surface area contributed by atoms with Crippen LogP contribution in [0, 0.1) is 0 Å². The second-order valence-electron chi connectivity index (χ2n) is 2.51. The number of amides is 1. The lowest BCUT2D eigenvalue weighted by molar-refractivity contribution is -0.105. The van der Waals surface area contributed by atoms with Gasteiger partial charge in [-0.05, 0) is 6.92 Å². The normalized spacial score (nSPS) is 9.29. The van der Waals surface area contributed by atoms with Crippen molar-refractivity contribution in [2.75, 3.05) is 17.7 Å². The summed E-state index contributed by atoms with van der Waals surface area (Å²) in [7, 11) is 1.64. The third kappa shape index (κ3) is 1.85. The van der Waals surface area contributed by atoms with E-state index in [0.29, 0.717) is 12.2 Å². The molecule has 1 heterocycles. The molecule has 0 aliphatic heterocycles. The molecule has 0 atom stereocenters. The summed E-state index contributed by atoms with van der Waals surface area (Å²) in [5.41, 5.74) is 0.280. The maximum absolute atomic E-state index is 11.2. The van der Waals surface area contributed by atoms with Crippen molar-refractivity contribution in [1.82, 2.24) is 9.97 Å². The van der Waals surface area contributed by atoms with Gasteiger partial charge in [-0.25, -0.2) is 9.97 Å². The van der Waals surface area contributed by atoms with Crippen molar-refractivity contribution in [1.29, 1.82) is 0 Å². The van der Waals surface area contributed by atoms with Gasteiger partial charge in [0, 0.05) is 7.05 Å².